The summed E-state index contributed by atoms with van der Waals surface area (Å²) in [5.74, 6) is 1.03. The molecule has 0 bridgehead atoms. The van der Waals surface area contributed by atoms with Gasteiger partial charge in [-0.15, -0.1) is 0 Å². The summed E-state index contributed by atoms with van der Waals surface area (Å²) in [6.45, 7) is 1.03. The maximum Gasteiger partial charge on any atom is 0.340 e. The quantitative estimate of drug-likeness (QED) is 0.718. The van der Waals surface area contributed by atoms with Crippen molar-refractivity contribution in [2.24, 2.45) is 0 Å². The molecule has 0 fully saturated rings. The van der Waals surface area contributed by atoms with Gasteiger partial charge >= 0.3 is 5.69 Å². The van der Waals surface area contributed by atoms with E-state index in [1.54, 1.807) is 18.2 Å². The average Bonchev–Trinajstić information content (AvgIpc) is 2.96. The van der Waals surface area contributed by atoms with E-state index >= 15 is 0 Å². The Morgan fingerprint density at radius 3 is 3.13 bits per heavy atom. The minimum Gasteiger partial charge on any atom is -0.493 e. The monoisotopic (exact) mass is 336 g/mol. The molecule has 7 nitrogen and oxygen atoms in total. The van der Waals surface area contributed by atoms with Crippen molar-refractivity contribution in [3.63, 3.8) is 0 Å². The third-order valence-corrected chi connectivity index (χ3v) is 4.00. The Morgan fingerprint density at radius 2 is 2.35 bits per heavy atom. The summed E-state index contributed by atoms with van der Waals surface area (Å²) in [7, 11) is 0. The molecule has 1 unspecified atom stereocenters. The number of halogens is 1. The molecule has 0 saturated carbocycles. The number of H-pyrrole nitrogens is 2. The highest BCUT2D eigenvalue weighted by Crippen LogP contribution is 2.35. The first-order valence-electron chi connectivity index (χ1n) is 7.47. The molecule has 1 amide bonds. The third-order valence-electron chi connectivity index (χ3n) is 3.77. The van der Waals surface area contributed by atoms with Gasteiger partial charge in [0.25, 0.3) is 0 Å². The zero-order valence-corrected chi connectivity index (χ0v) is 13.2. The van der Waals surface area contributed by atoms with Crippen molar-refractivity contribution in [2.75, 3.05) is 13.2 Å². The second-order valence-electron chi connectivity index (χ2n) is 5.39. The molecule has 3 N–H and O–H groups in total. The van der Waals surface area contributed by atoms with Crippen LogP contribution in [0.2, 0.25) is 5.02 Å². The number of carbonyl (C=O) groups excluding carboxylic acids is 1. The maximum atomic E-state index is 12.4. The molecule has 0 saturated heterocycles. The van der Waals surface area contributed by atoms with E-state index in [-0.39, 0.29) is 17.5 Å². The van der Waals surface area contributed by atoms with Crippen LogP contribution in [0.25, 0.3) is 0 Å². The zero-order valence-electron chi connectivity index (χ0n) is 12.4. The number of nitrogens with one attached hydrogen (secondary N) is 3. The van der Waals surface area contributed by atoms with Crippen molar-refractivity contribution in [1.29, 1.82) is 0 Å². The number of aromatic nitrogens is 3. The first-order chi connectivity index (χ1) is 11.1. The second kappa shape index (κ2) is 6.87. The Labute approximate surface area is 137 Å². The standard InChI is InChI=1S/C15H17ClN4O3/c16-9-3-4-12-11(8-9)10(5-7-23-12)14(21)17-6-1-2-13-18-15(22)20-19-13/h3-4,8,10H,1-2,5-7H2,(H,17,21)(H2,18,19,20,22). The van der Waals surface area contributed by atoms with Crippen molar-refractivity contribution < 1.29 is 9.53 Å². The Bertz CT molecular complexity index is 755. The molecule has 1 aliphatic heterocycles. The largest absolute Gasteiger partial charge is 0.493 e. The molecule has 23 heavy (non-hydrogen) atoms. The minimum atomic E-state index is -0.320. The summed E-state index contributed by atoms with van der Waals surface area (Å²) in [6.07, 6.45) is 1.92. The van der Waals surface area contributed by atoms with Gasteiger partial charge in [-0.1, -0.05) is 11.6 Å². The summed E-state index contributed by atoms with van der Waals surface area (Å²) in [4.78, 5) is 25.9. The van der Waals surface area contributed by atoms with E-state index in [1.165, 1.54) is 0 Å². The summed E-state index contributed by atoms with van der Waals surface area (Å²) >= 11 is 6.02. The molecule has 1 aromatic heterocycles. The molecular weight excluding hydrogens is 320 g/mol. The van der Waals surface area contributed by atoms with Gasteiger partial charge < -0.3 is 10.1 Å². The molecule has 0 aliphatic carbocycles. The van der Waals surface area contributed by atoms with Gasteiger partial charge in [0.2, 0.25) is 5.91 Å². The number of ether oxygens (including phenoxy) is 1. The molecule has 2 aromatic rings. The Morgan fingerprint density at radius 1 is 1.48 bits per heavy atom. The van der Waals surface area contributed by atoms with E-state index in [0.717, 1.165) is 11.3 Å². The lowest BCUT2D eigenvalue weighted by atomic mass is 9.92. The van der Waals surface area contributed by atoms with Gasteiger partial charge in [-0.3, -0.25) is 9.78 Å². The molecule has 1 aliphatic rings. The van der Waals surface area contributed by atoms with E-state index < -0.39 is 0 Å². The van der Waals surface area contributed by atoms with E-state index in [4.69, 9.17) is 16.3 Å². The van der Waals surface area contributed by atoms with Crippen molar-refractivity contribution in [3.05, 3.63) is 45.1 Å². The van der Waals surface area contributed by atoms with Crippen LogP contribution in [0.3, 0.4) is 0 Å². The van der Waals surface area contributed by atoms with Crippen LogP contribution in [-0.4, -0.2) is 34.2 Å². The van der Waals surface area contributed by atoms with E-state index in [0.29, 0.717) is 43.3 Å². The van der Waals surface area contributed by atoms with Crippen molar-refractivity contribution in [2.45, 2.75) is 25.2 Å². The van der Waals surface area contributed by atoms with Crippen LogP contribution >= 0.6 is 11.6 Å². The topological polar surface area (TPSA) is 99.9 Å². The minimum absolute atomic E-state index is 0.0349. The fourth-order valence-electron chi connectivity index (χ4n) is 2.65. The zero-order chi connectivity index (χ0) is 16.2. The van der Waals surface area contributed by atoms with Crippen molar-refractivity contribution >= 4 is 17.5 Å². The number of nitrogens with zero attached hydrogens (tertiary/aromatic N) is 1. The Kier molecular flexibility index (Phi) is 4.66. The number of carbonyl (C=O) groups is 1. The van der Waals surface area contributed by atoms with Gasteiger partial charge in [0.05, 0.1) is 12.5 Å². The highest BCUT2D eigenvalue weighted by Gasteiger charge is 2.27. The lowest BCUT2D eigenvalue weighted by Gasteiger charge is -2.25. The van der Waals surface area contributed by atoms with E-state index in [1.807, 2.05) is 0 Å². The first-order valence-corrected chi connectivity index (χ1v) is 7.85. The third kappa shape index (κ3) is 3.73. The van der Waals surface area contributed by atoms with Crippen molar-refractivity contribution in [3.8, 4) is 5.75 Å². The molecule has 122 valence electrons. The normalized spacial score (nSPS) is 16.5. The van der Waals surface area contributed by atoms with Crippen LogP contribution < -0.4 is 15.7 Å². The van der Waals surface area contributed by atoms with Crippen molar-refractivity contribution in [1.82, 2.24) is 20.5 Å². The summed E-state index contributed by atoms with van der Waals surface area (Å²) < 4.78 is 5.56. The fraction of sp³-hybridized carbons (Fsp3) is 0.400. The number of aryl methyl sites for hydroxylation is 1. The molecule has 8 heteroatoms. The van der Waals surface area contributed by atoms with Gasteiger partial charge in [0.15, 0.2) is 0 Å². The Balaban J connectivity index is 1.55. The van der Waals surface area contributed by atoms with Crippen LogP contribution in [0, 0.1) is 0 Å². The first kappa shape index (κ1) is 15.6. The second-order valence-corrected chi connectivity index (χ2v) is 5.83. The molecule has 3 rings (SSSR count). The van der Waals surface area contributed by atoms with E-state index in [2.05, 4.69) is 20.5 Å². The maximum absolute atomic E-state index is 12.4. The van der Waals surface area contributed by atoms with E-state index in [9.17, 15) is 9.59 Å². The highest BCUT2D eigenvalue weighted by atomic mass is 35.5. The molecule has 2 heterocycles. The molecule has 1 atom stereocenters. The number of amides is 1. The summed E-state index contributed by atoms with van der Waals surface area (Å²) in [5.41, 5.74) is 0.512. The number of hydrogen-bond donors (Lipinski definition) is 3. The highest BCUT2D eigenvalue weighted by molar-refractivity contribution is 6.30. The fourth-order valence-corrected chi connectivity index (χ4v) is 2.83. The number of hydrogen-bond acceptors (Lipinski definition) is 4. The SMILES string of the molecule is O=C(NCCCc1n[nH]c(=O)[nH]1)C1CCOc2ccc(Cl)cc21. The van der Waals surface area contributed by atoms with Gasteiger partial charge in [-0.25, -0.2) is 9.89 Å². The van der Waals surface area contributed by atoms with Gasteiger partial charge in [0.1, 0.15) is 11.6 Å². The summed E-state index contributed by atoms with van der Waals surface area (Å²) in [6, 6.07) is 5.34. The molecule has 0 radical (unpaired) electrons. The Hall–Kier alpha value is -2.28. The average molecular weight is 337 g/mol. The summed E-state index contributed by atoms with van der Waals surface area (Å²) in [5, 5.41) is 9.65. The predicted molar refractivity (Wildman–Crippen MR) is 84.8 cm³/mol. The van der Waals surface area contributed by atoms with Crippen LogP contribution in [0.15, 0.2) is 23.0 Å². The number of benzene rings is 1. The lowest BCUT2D eigenvalue weighted by Crippen LogP contribution is -2.33. The molecule has 1 aromatic carbocycles. The van der Waals surface area contributed by atoms with Crippen LogP contribution in [0.4, 0.5) is 0 Å². The van der Waals surface area contributed by atoms with Crippen LogP contribution in [0.5, 0.6) is 5.75 Å². The van der Waals surface area contributed by atoms with Gasteiger partial charge in [-0.05, 0) is 31.0 Å². The number of aromatic amines is 2. The van der Waals surface area contributed by atoms with Gasteiger partial charge in [0, 0.05) is 23.6 Å². The molecular formula is C15H17ClN4O3. The van der Waals surface area contributed by atoms with Gasteiger partial charge in [-0.2, -0.15) is 5.10 Å². The van der Waals surface area contributed by atoms with Crippen LogP contribution in [0.1, 0.15) is 30.1 Å². The number of rotatable bonds is 5. The smallest absolute Gasteiger partial charge is 0.340 e. The lowest BCUT2D eigenvalue weighted by molar-refractivity contribution is -0.123. The van der Waals surface area contributed by atoms with Crippen LogP contribution in [-0.2, 0) is 11.2 Å². The number of fused-ring (bicyclic) bond motifs is 1. The molecule has 0 spiro atoms. The predicted octanol–water partition coefficient (Wildman–Crippen LogP) is 1.37.